The summed E-state index contributed by atoms with van der Waals surface area (Å²) < 4.78 is 13.2. The molecular formula is C25H22ClN5O6S. The largest absolute Gasteiger partial charge is 0.493 e. The number of non-ortho nitro benzene ring substituents is 1. The lowest BCUT2D eigenvalue weighted by Crippen LogP contribution is -2.12. The number of aryl methyl sites for hydroxylation is 1. The van der Waals surface area contributed by atoms with Gasteiger partial charge in [-0.1, -0.05) is 41.6 Å². The molecule has 0 unspecified atom stereocenters. The highest BCUT2D eigenvalue weighted by Crippen LogP contribution is 2.43. The van der Waals surface area contributed by atoms with E-state index >= 15 is 0 Å². The van der Waals surface area contributed by atoms with E-state index < -0.39 is 21.6 Å². The van der Waals surface area contributed by atoms with Crippen LogP contribution in [0.25, 0.3) is 5.69 Å². The average Bonchev–Trinajstić information content (AvgIpc) is 3.27. The van der Waals surface area contributed by atoms with Crippen molar-refractivity contribution in [3.63, 3.8) is 0 Å². The fourth-order valence-electron chi connectivity index (χ4n) is 3.70. The number of methoxy groups -OCH3 is 1. The summed E-state index contributed by atoms with van der Waals surface area (Å²) in [5, 5.41) is 30.9. The summed E-state index contributed by atoms with van der Waals surface area (Å²) in [6.45, 7) is 1.50. The van der Waals surface area contributed by atoms with Crippen LogP contribution in [-0.2, 0) is 6.61 Å². The molecule has 196 valence electrons. The molecule has 4 aromatic rings. The van der Waals surface area contributed by atoms with Crippen molar-refractivity contribution in [1.82, 2.24) is 14.8 Å². The SMILES string of the molecule is COc1cc([C@H](C[N+](=O)[O-])Sc2nnc(C)n2-c2ccccc2)cc(Cl)c1OCc1ccc([N+](=O)[O-])cc1. The second-order valence-corrected chi connectivity index (χ2v) is 9.65. The minimum atomic E-state index is -0.661. The summed E-state index contributed by atoms with van der Waals surface area (Å²) in [5.74, 6) is 1.19. The first kappa shape index (κ1) is 26.9. The fraction of sp³-hybridized carbons (Fsp3) is 0.200. The molecule has 1 aromatic heterocycles. The van der Waals surface area contributed by atoms with E-state index in [0.717, 1.165) is 5.69 Å². The summed E-state index contributed by atoms with van der Waals surface area (Å²) >= 11 is 7.75. The minimum Gasteiger partial charge on any atom is -0.493 e. The van der Waals surface area contributed by atoms with Gasteiger partial charge < -0.3 is 9.47 Å². The lowest BCUT2D eigenvalue weighted by Gasteiger charge is -2.18. The molecule has 13 heteroatoms. The number of thioether (sulfide) groups is 1. The lowest BCUT2D eigenvalue weighted by atomic mass is 10.1. The van der Waals surface area contributed by atoms with Crippen LogP contribution in [0.2, 0.25) is 5.02 Å². The quantitative estimate of drug-likeness (QED) is 0.127. The standard InChI is InChI=1S/C25H22ClN5O6S/c1-16-27-28-25(30(16)19-6-4-3-5-7-19)38-23(14-29(32)33)18-12-21(26)24(22(13-18)36-2)37-15-17-8-10-20(11-9-17)31(34)35/h3-13,23H,14-15H2,1-2H3/t23-/m0/s1. The van der Waals surface area contributed by atoms with E-state index in [4.69, 9.17) is 21.1 Å². The number of nitrogens with zero attached hydrogens (tertiary/aromatic N) is 5. The highest BCUT2D eigenvalue weighted by Gasteiger charge is 2.26. The number of hydrogen-bond donors (Lipinski definition) is 0. The molecular weight excluding hydrogens is 534 g/mol. The van der Waals surface area contributed by atoms with Gasteiger partial charge >= 0.3 is 0 Å². The van der Waals surface area contributed by atoms with Crippen molar-refractivity contribution >= 4 is 29.1 Å². The molecule has 0 aliphatic carbocycles. The van der Waals surface area contributed by atoms with Gasteiger partial charge in [0, 0.05) is 22.7 Å². The van der Waals surface area contributed by atoms with E-state index in [1.54, 1.807) is 24.3 Å². The van der Waals surface area contributed by atoms with E-state index in [9.17, 15) is 20.2 Å². The molecule has 0 radical (unpaired) electrons. The van der Waals surface area contributed by atoms with Gasteiger partial charge in [-0.15, -0.1) is 10.2 Å². The van der Waals surface area contributed by atoms with Crippen LogP contribution in [0, 0.1) is 27.2 Å². The zero-order chi connectivity index (χ0) is 27.2. The molecule has 4 rings (SSSR count). The second-order valence-electron chi connectivity index (χ2n) is 8.07. The van der Waals surface area contributed by atoms with Crippen molar-refractivity contribution in [1.29, 1.82) is 0 Å². The Hall–Kier alpha value is -4.16. The summed E-state index contributed by atoms with van der Waals surface area (Å²) in [6.07, 6.45) is 0. The van der Waals surface area contributed by atoms with E-state index in [1.807, 2.05) is 41.8 Å². The molecule has 1 atom stereocenters. The van der Waals surface area contributed by atoms with E-state index in [0.29, 0.717) is 27.9 Å². The van der Waals surface area contributed by atoms with Crippen LogP contribution in [0.5, 0.6) is 11.5 Å². The number of para-hydroxylation sites is 1. The van der Waals surface area contributed by atoms with Gasteiger partial charge in [0.15, 0.2) is 16.7 Å². The van der Waals surface area contributed by atoms with Crippen LogP contribution in [0.15, 0.2) is 71.9 Å². The van der Waals surface area contributed by atoms with E-state index in [-0.39, 0.29) is 23.1 Å². The van der Waals surface area contributed by atoms with Crippen LogP contribution in [-0.4, -0.2) is 38.3 Å². The molecule has 3 aromatic carbocycles. The van der Waals surface area contributed by atoms with Gasteiger partial charge in [-0.2, -0.15) is 0 Å². The molecule has 1 heterocycles. The predicted octanol–water partition coefficient (Wildman–Crippen LogP) is 5.84. The maximum Gasteiger partial charge on any atom is 0.269 e. The minimum absolute atomic E-state index is 0.0265. The Morgan fingerprint density at radius 1 is 1.05 bits per heavy atom. The number of aromatic nitrogens is 3. The number of nitro benzene ring substituents is 1. The van der Waals surface area contributed by atoms with Gasteiger partial charge in [0.25, 0.3) is 5.69 Å². The molecule has 0 bridgehead atoms. The summed E-state index contributed by atoms with van der Waals surface area (Å²) in [6, 6.07) is 18.7. The Balaban J connectivity index is 1.61. The zero-order valence-electron chi connectivity index (χ0n) is 20.3. The number of hydrogen-bond acceptors (Lipinski definition) is 9. The lowest BCUT2D eigenvalue weighted by molar-refractivity contribution is -0.479. The van der Waals surface area contributed by atoms with Crippen molar-refractivity contribution in [3.8, 4) is 17.2 Å². The number of ether oxygens (including phenoxy) is 2. The summed E-state index contributed by atoms with van der Waals surface area (Å²) in [7, 11) is 1.44. The maximum absolute atomic E-state index is 11.6. The Morgan fingerprint density at radius 3 is 2.39 bits per heavy atom. The van der Waals surface area contributed by atoms with E-state index in [1.165, 1.54) is 31.0 Å². The molecule has 0 aliphatic rings. The first-order chi connectivity index (χ1) is 18.3. The van der Waals surface area contributed by atoms with Gasteiger partial charge in [0.2, 0.25) is 6.54 Å². The Bertz CT molecular complexity index is 1450. The van der Waals surface area contributed by atoms with Crippen molar-refractivity contribution in [2.24, 2.45) is 0 Å². The zero-order valence-corrected chi connectivity index (χ0v) is 21.9. The van der Waals surface area contributed by atoms with Crippen molar-refractivity contribution < 1.29 is 19.3 Å². The molecule has 11 nitrogen and oxygen atoms in total. The molecule has 0 aliphatic heterocycles. The third-order valence-corrected chi connectivity index (χ3v) is 6.99. The Kier molecular flexibility index (Phi) is 8.44. The number of nitro groups is 2. The van der Waals surface area contributed by atoms with Crippen LogP contribution < -0.4 is 9.47 Å². The predicted molar refractivity (Wildman–Crippen MR) is 142 cm³/mol. The number of benzene rings is 3. The number of rotatable bonds is 11. The van der Waals surface area contributed by atoms with Gasteiger partial charge in [0.1, 0.15) is 17.7 Å². The van der Waals surface area contributed by atoms with Crippen LogP contribution in [0.3, 0.4) is 0 Å². The molecule has 0 saturated carbocycles. The normalized spacial score (nSPS) is 11.7. The Morgan fingerprint density at radius 2 is 1.76 bits per heavy atom. The molecule has 0 N–H and O–H groups in total. The van der Waals surface area contributed by atoms with Gasteiger partial charge in [-0.05, 0) is 54.4 Å². The van der Waals surface area contributed by atoms with E-state index in [2.05, 4.69) is 10.2 Å². The molecule has 0 fully saturated rings. The first-order valence-corrected chi connectivity index (χ1v) is 12.5. The monoisotopic (exact) mass is 555 g/mol. The van der Waals surface area contributed by atoms with Crippen molar-refractivity contribution in [3.05, 3.63) is 109 Å². The average molecular weight is 556 g/mol. The fourth-order valence-corrected chi connectivity index (χ4v) is 5.13. The maximum atomic E-state index is 11.6. The highest BCUT2D eigenvalue weighted by atomic mass is 35.5. The van der Waals surface area contributed by atoms with Crippen LogP contribution in [0.1, 0.15) is 22.2 Å². The van der Waals surface area contributed by atoms with Gasteiger partial charge in [-0.25, -0.2) is 0 Å². The van der Waals surface area contributed by atoms with Gasteiger partial charge in [-0.3, -0.25) is 24.8 Å². The topological polar surface area (TPSA) is 135 Å². The molecule has 0 saturated heterocycles. The Labute approximate surface area is 226 Å². The third-order valence-electron chi connectivity index (χ3n) is 5.53. The van der Waals surface area contributed by atoms with Crippen LogP contribution >= 0.6 is 23.4 Å². The van der Waals surface area contributed by atoms with Gasteiger partial charge in [0.05, 0.1) is 17.1 Å². The van der Waals surface area contributed by atoms with Crippen molar-refractivity contribution in [2.75, 3.05) is 13.7 Å². The second kappa shape index (κ2) is 11.9. The van der Waals surface area contributed by atoms with Crippen LogP contribution in [0.4, 0.5) is 5.69 Å². The molecule has 0 amide bonds. The summed E-state index contributed by atoms with van der Waals surface area (Å²) in [5.41, 5.74) is 2.05. The third kappa shape index (κ3) is 6.21. The highest BCUT2D eigenvalue weighted by molar-refractivity contribution is 7.99. The molecule has 38 heavy (non-hydrogen) atoms. The van der Waals surface area contributed by atoms with Crippen molar-refractivity contribution in [2.45, 2.75) is 23.9 Å². The smallest absolute Gasteiger partial charge is 0.269 e. The first-order valence-electron chi connectivity index (χ1n) is 11.3. The number of halogens is 1. The summed E-state index contributed by atoms with van der Waals surface area (Å²) in [4.78, 5) is 21.6. The molecule has 0 spiro atoms.